The minimum Gasteiger partial charge on any atom is -0.369 e. The number of aryl methyl sites for hydroxylation is 1. The maximum absolute atomic E-state index is 6.13. The van der Waals surface area contributed by atoms with Gasteiger partial charge in [0, 0.05) is 49.4 Å². The molecular weight excluding hydrogens is 362 g/mol. The van der Waals surface area contributed by atoms with Gasteiger partial charge in [0.05, 0.1) is 0 Å². The van der Waals surface area contributed by atoms with Crippen LogP contribution in [0.15, 0.2) is 29.3 Å². The van der Waals surface area contributed by atoms with E-state index in [4.69, 9.17) is 16.6 Å². The zero-order valence-corrected chi connectivity index (χ0v) is 16.4. The van der Waals surface area contributed by atoms with Crippen LogP contribution in [0, 0.1) is 0 Å². The van der Waals surface area contributed by atoms with Crippen molar-refractivity contribution < 1.29 is 0 Å². The molecule has 7 nitrogen and oxygen atoms in total. The third-order valence-corrected chi connectivity index (χ3v) is 5.35. The summed E-state index contributed by atoms with van der Waals surface area (Å²) in [5.74, 6) is 2.88. The predicted molar refractivity (Wildman–Crippen MR) is 108 cm³/mol. The van der Waals surface area contributed by atoms with Gasteiger partial charge in [0.15, 0.2) is 11.8 Å². The number of halogens is 1. The van der Waals surface area contributed by atoms with E-state index in [2.05, 4.69) is 43.3 Å². The molecule has 1 fully saturated rings. The lowest BCUT2D eigenvalue weighted by Gasteiger charge is -2.20. The number of fused-ring (bicyclic) bond motifs is 1. The molecule has 2 aliphatic rings. The smallest absolute Gasteiger partial charge is 0.191 e. The molecule has 0 amide bonds. The summed E-state index contributed by atoms with van der Waals surface area (Å²) in [7, 11) is 0. The molecule has 3 heterocycles. The number of benzene rings is 1. The standard InChI is InChI=1S/C19H26ClN7/c1-2-21-19(22-12-18-25-24-17-7-4-9-27(17)18)23-15-8-10-26(13-15)16-6-3-5-14(20)11-16/h3,5-6,11,15H,2,4,7-10,12-13H2,1H3,(H2,21,22,23). The molecule has 1 aromatic carbocycles. The van der Waals surface area contributed by atoms with E-state index in [9.17, 15) is 0 Å². The van der Waals surface area contributed by atoms with Gasteiger partial charge in [0.2, 0.25) is 0 Å². The Morgan fingerprint density at radius 3 is 3.11 bits per heavy atom. The van der Waals surface area contributed by atoms with Crippen LogP contribution in [0.4, 0.5) is 5.69 Å². The van der Waals surface area contributed by atoms with Gasteiger partial charge in [0.25, 0.3) is 0 Å². The lowest BCUT2D eigenvalue weighted by atomic mass is 10.3. The number of nitrogens with one attached hydrogen (secondary N) is 2. The van der Waals surface area contributed by atoms with Gasteiger partial charge in [0.1, 0.15) is 12.4 Å². The van der Waals surface area contributed by atoms with Gasteiger partial charge in [-0.25, -0.2) is 4.99 Å². The number of nitrogens with zero attached hydrogens (tertiary/aromatic N) is 5. The second-order valence-corrected chi connectivity index (χ2v) is 7.48. The summed E-state index contributed by atoms with van der Waals surface area (Å²) in [6, 6.07) is 8.40. The van der Waals surface area contributed by atoms with Crippen molar-refractivity contribution in [1.29, 1.82) is 0 Å². The Hall–Kier alpha value is -2.28. The maximum Gasteiger partial charge on any atom is 0.191 e. The van der Waals surface area contributed by atoms with Crippen molar-refractivity contribution in [1.82, 2.24) is 25.4 Å². The number of hydrogen-bond donors (Lipinski definition) is 2. The molecule has 0 spiro atoms. The number of aliphatic imine (C=N–C) groups is 1. The van der Waals surface area contributed by atoms with Crippen LogP contribution in [0.3, 0.4) is 0 Å². The van der Waals surface area contributed by atoms with E-state index in [1.54, 1.807) is 0 Å². The van der Waals surface area contributed by atoms with Crippen molar-refractivity contribution in [2.45, 2.75) is 45.3 Å². The average Bonchev–Trinajstić information content (AvgIpc) is 3.38. The van der Waals surface area contributed by atoms with Crippen molar-refractivity contribution in [3.05, 3.63) is 40.9 Å². The van der Waals surface area contributed by atoms with E-state index >= 15 is 0 Å². The number of guanidine groups is 1. The third kappa shape index (κ3) is 4.18. The fourth-order valence-electron chi connectivity index (χ4n) is 3.78. The van der Waals surface area contributed by atoms with Gasteiger partial charge in [-0.1, -0.05) is 17.7 Å². The molecule has 1 atom stereocenters. The summed E-state index contributed by atoms with van der Waals surface area (Å²) in [4.78, 5) is 7.10. The highest BCUT2D eigenvalue weighted by Crippen LogP contribution is 2.23. The summed E-state index contributed by atoms with van der Waals surface area (Å²) in [6.45, 7) is 6.41. The van der Waals surface area contributed by atoms with Crippen LogP contribution in [0.1, 0.15) is 31.4 Å². The molecule has 1 aromatic heterocycles. The summed E-state index contributed by atoms with van der Waals surface area (Å²) < 4.78 is 2.20. The van der Waals surface area contributed by atoms with E-state index in [1.165, 1.54) is 5.69 Å². The first-order valence-corrected chi connectivity index (χ1v) is 10.1. The quantitative estimate of drug-likeness (QED) is 0.608. The van der Waals surface area contributed by atoms with Gasteiger partial charge in [-0.05, 0) is 38.0 Å². The lowest BCUT2D eigenvalue weighted by Crippen LogP contribution is -2.44. The molecule has 0 radical (unpaired) electrons. The second kappa shape index (κ2) is 8.17. The minimum atomic E-state index is 0.353. The van der Waals surface area contributed by atoms with E-state index in [0.717, 1.165) is 68.1 Å². The molecule has 1 unspecified atom stereocenters. The molecule has 2 aliphatic heterocycles. The van der Waals surface area contributed by atoms with Gasteiger partial charge in [-0.15, -0.1) is 10.2 Å². The SMILES string of the molecule is CCNC(=NCc1nnc2n1CCC2)NC1CCN(c2cccc(Cl)c2)C1. The molecule has 1 saturated heterocycles. The Bertz CT molecular complexity index is 816. The number of aromatic nitrogens is 3. The molecule has 2 N–H and O–H groups in total. The zero-order chi connectivity index (χ0) is 18.6. The molecule has 8 heteroatoms. The molecule has 0 saturated carbocycles. The molecule has 0 aliphatic carbocycles. The normalized spacial score (nSPS) is 19.4. The first-order chi connectivity index (χ1) is 13.2. The number of anilines is 1. The van der Waals surface area contributed by atoms with Gasteiger partial charge >= 0.3 is 0 Å². The monoisotopic (exact) mass is 387 g/mol. The molecular formula is C19H26ClN7. The van der Waals surface area contributed by atoms with Crippen LogP contribution in [0.25, 0.3) is 0 Å². The molecule has 0 bridgehead atoms. The Labute approximate surface area is 164 Å². The van der Waals surface area contributed by atoms with Crippen LogP contribution in [0.2, 0.25) is 5.02 Å². The highest BCUT2D eigenvalue weighted by atomic mass is 35.5. The molecule has 2 aromatic rings. The highest BCUT2D eigenvalue weighted by molar-refractivity contribution is 6.30. The molecule has 27 heavy (non-hydrogen) atoms. The summed E-state index contributed by atoms with van der Waals surface area (Å²) in [6.07, 6.45) is 3.25. The third-order valence-electron chi connectivity index (χ3n) is 5.11. The summed E-state index contributed by atoms with van der Waals surface area (Å²) >= 11 is 6.13. The van der Waals surface area contributed by atoms with Crippen LogP contribution >= 0.6 is 11.6 Å². The van der Waals surface area contributed by atoms with Crippen molar-refractivity contribution >= 4 is 23.2 Å². The Balaban J connectivity index is 1.38. The number of hydrogen-bond acceptors (Lipinski definition) is 4. The van der Waals surface area contributed by atoms with Crippen molar-refractivity contribution in [3.63, 3.8) is 0 Å². The Morgan fingerprint density at radius 2 is 2.26 bits per heavy atom. The van der Waals surface area contributed by atoms with Crippen LogP contribution in [-0.4, -0.2) is 46.4 Å². The first kappa shape index (κ1) is 18.1. The lowest BCUT2D eigenvalue weighted by molar-refractivity contribution is 0.643. The Morgan fingerprint density at radius 1 is 1.33 bits per heavy atom. The zero-order valence-electron chi connectivity index (χ0n) is 15.7. The van der Waals surface area contributed by atoms with Crippen LogP contribution < -0.4 is 15.5 Å². The summed E-state index contributed by atoms with van der Waals surface area (Å²) in [5, 5.41) is 16.2. The van der Waals surface area contributed by atoms with E-state index in [-0.39, 0.29) is 0 Å². The minimum absolute atomic E-state index is 0.353. The largest absolute Gasteiger partial charge is 0.369 e. The fraction of sp³-hybridized carbons (Fsp3) is 0.526. The number of rotatable bonds is 5. The van der Waals surface area contributed by atoms with E-state index in [0.29, 0.717) is 12.6 Å². The van der Waals surface area contributed by atoms with Crippen molar-refractivity contribution in [3.8, 4) is 0 Å². The predicted octanol–water partition coefficient (Wildman–Crippen LogP) is 2.21. The molecule has 4 rings (SSSR count). The topological polar surface area (TPSA) is 70.4 Å². The first-order valence-electron chi connectivity index (χ1n) is 9.69. The van der Waals surface area contributed by atoms with Gasteiger partial charge in [-0.3, -0.25) is 0 Å². The van der Waals surface area contributed by atoms with Crippen molar-refractivity contribution in [2.24, 2.45) is 4.99 Å². The van der Waals surface area contributed by atoms with E-state index in [1.807, 2.05) is 18.2 Å². The van der Waals surface area contributed by atoms with Crippen LogP contribution in [-0.2, 0) is 19.5 Å². The average molecular weight is 388 g/mol. The van der Waals surface area contributed by atoms with Crippen LogP contribution in [0.5, 0.6) is 0 Å². The molecule has 144 valence electrons. The highest BCUT2D eigenvalue weighted by Gasteiger charge is 2.24. The van der Waals surface area contributed by atoms with E-state index < -0.39 is 0 Å². The maximum atomic E-state index is 6.13. The summed E-state index contributed by atoms with van der Waals surface area (Å²) in [5.41, 5.74) is 1.17. The fourth-order valence-corrected chi connectivity index (χ4v) is 3.96. The van der Waals surface area contributed by atoms with Gasteiger partial charge < -0.3 is 20.1 Å². The second-order valence-electron chi connectivity index (χ2n) is 7.04. The van der Waals surface area contributed by atoms with Gasteiger partial charge in [-0.2, -0.15) is 0 Å². The Kier molecular flexibility index (Phi) is 5.48. The van der Waals surface area contributed by atoms with Crippen molar-refractivity contribution in [2.75, 3.05) is 24.5 Å².